The second kappa shape index (κ2) is 7.43. The largest absolute Gasteiger partial charge is 0.469 e. The molecule has 5 nitrogen and oxygen atoms in total. The maximum atomic E-state index is 5.39. The Morgan fingerprint density at radius 1 is 1.33 bits per heavy atom. The van der Waals surface area contributed by atoms with Gasteiger partial charge in [-0.1, -0.05) is 19.0 Å². The van der Waals surface area contributed by atoms with Crippen molar-refractivity contribution in [2.45, 2.75) is 40.4 Å². The average molecular weight is 291 g/mol. The third kappa shape index (κ3) is 5.02. The van der Waals surface area contributed by atoms with Crippen LogP contribution in [0.3, 0.4) is 0 Å². The van der Waals surface area contributed by atoms with E-state index in [1.807, 2.05) is 19.1 Å². The number of hydrogen-bond acceptors (Lipinski definition) is 5. The standard InChI is InChI=1S/C16H25N3O2/c1-12(2)8-17-9-15-7-16(21-18-15)11-19(4)10-14-5-6-20-13(14)3/h5-7,12,17H,8-11H2,1-4H3. The summed E-state index contributed by atoms with van der Waals surface area (Å²) in [5, 5.41) is 7.46. The molecule has 2 aromatic rings. The number of hydrogen-bond donors (Lipinski definition) is 1. The Morgan fingerprint density at radius 3 is 2.81 bits per heavy atom. The zero-order chi connectivity index (χ0) is 15.2. The minimum atomic E-state index is 0.640. The van der Waals surface area contributed by atoms with Crippen molar-refractivity contribution < 1.29 is 8.94 Å². The molecule has 0 saturated heterocycles. The third-order valence-electron chi connectivity index (χ3n) is 3.30. The molecule has 0 aliphatic heterocycles. The lowest BCUT2D eigenvalue weighted by Crippen LogP contribution is -2.19. The topological polar surface area (TPSA) is 54.4 Å². The van der Waals surface area contributed by atoms with Crippen molar-refractivity contribution in [1.82, 2.24) is 15.4 Å². The molecule has 0 bridgehead atoms. The average Bonchev–Trinajstić information content (AvgIpc) is 3.00. The summed E-state index contributed by atoms with van der Waals surface area (Å²) in [5.74, 6) is 2.50. The monoisotopic (exact) mass is 291 g/mol. The van der Waals surface area contributed by atoms with Crippen LogP contribution in [-0.2, 0) is 19.6 Å². The molecule has 0 spiro atoms. The number of nitrogens with zero attached hydrogens (tertiary/aromatic N) is 2. The molecule has 0 aromatic carbocycles. The lowest BCUT2D eigenvalue weighted by molar-refractivity contribution is 0.264. The first-order valence-electron chi connectivity index (χ1n) is 7.41. The van der Waals surface area contributed by atoms with E-state index in [1.54, 1.807) is 6.26 Å². The molecular formula is C16H25N3O2. The van der Waals surface area contributed by atoms with Crippen LogP contribution in [0.15, 0.2) is 27.3 Å². The normalized spacial score (nSPS) is 11.7. The first-order chi connectivity index (χ1) is 10.0. The van der Waals surface area contributed by atoms with Crippen LogP contribution in [0, 0.1) is 12.8 Å². The van der Waals surface area contributed by atoms with Gasteiger partial charge in [0, 0.05) is 24.7 Å². The van der Waals surface area contributed by atoms with Gasteiger partial charge in [0.05, 0.1) is 18.5 Å². The third-order valence-corrected chi connectivity index (χ3v) is 3.30. The molecule has 21 heavy (non-hydrogen) atoms. The Kier molecular flexibility index (Phi) is 5.59. The van der Waals surface area contributed by atoms with Gasteiger partial charge in [-0.15, -0.1) is 0 Å². The van der Waals surface area contributed by atoms with E-state index in [-0.39, 0.29) is 0 Å². The quantitative estimate of drug-likeness (QED) is 0.810. The van der Waals surface area contributed by atoms with Gasteiger partial charge in [-0.2, -0.15) is 0 Å². The van der Waals surface area contributed by atoms with Gasteiger partial charge in [-0.25, -0.2) is 0 Å². The molecule has 2 rings (SSSR count). The lowest BCUT2D eigenvalue weighted by atomic mass is 10.2. The summed E-state index contributed by atoms with van der Waals surface area (Å²) in [6.45, 7) is 9.68. The van der Waals surface area contributed by atoms with E-state index in [0.29, 0.717) is 5.92 Å². The number of furan rings is 1. The second-order valence-electron chi connectivity index (χ2n) is 5.98. The van der Waals surface area contributed by atoms with Crippen LogP contribution in [0.25, 0.3) is 0 Å². The van der Waals surface area contributed by atoms with Gasteiger partial charge in [-0.3, -0.25) is 4.90 Å². The highest BCUT2D eigenvalue weighted by Crippen LogP contribution is 2.13. The van der Waals surface area contributed by atoms with Crippen molar-refractivity contribution in [3.05, 3.63) is 41.2 Å². The predicted molar refractivity (Wildman–Crippen MR) is 81.7 cm³/mol. The van der Waals surface area contributed by atoms with Crippen molar-refractivity contribution in [2.24, 2.45) is 5.92 Å². The van der Waals surface area contributed by atoms with Gasteiger partial charge >= 0.3 is 0 Å². The van der Waals surface area contributed by atoms with Gasteiger partial charge in [0.25, 0.3) is 0 Å². The van der Waals surface area contributed by atoms with Crippen molar-refractivity contribution >= 4 is 0 Å². The van der Waals surface area contributed by atoms with E-state index in [4.69, 9.17) is 8.94 Å². The van der Waals surface area contributed by atoms with Crippen LogP contribution < -0.4 is 5.32 Å². The molecule has 0 radical (unpaired) electrons. The fraction of sp³-hybridized carbons (Fsp3) is 0.562. The van der Waals surface area contributed by atoms with Crippen molar-refractivity contribution in [3.8, 4) is 0 Å². The summed E-state index contributed by atoms with van der Waals surface area (Å²) in [7, 11) is 2.06. The minimum Gasteiger partial charge on any atom is -0.469 e. The number of aryl methyl sites for hydroxylation is 1. The SMILES string of the molecule is Cc1occc1CN(C)Cc1cc(CNCC(C)C)no1. The summed E-state index contributed by atoms with van der Waals surface area (Å²) in [6, 6.07) is 4.03. The Labute approximate surface area is 126 Å². The van der Waals surface area contributed by atoms with Crippen molar-refractivity contribution in [2.75, 3.05) is 13.6 Å². The van der Waals surface area contributed by atoms with E-state index in [2.05, 4.69) is 36.3 Å². The molecule has 2 heterocycles. The molecule has 116 valence electrons. The van der Waals surface area contributed by atoms with Crippen LogP contribution in [0.1, 0.15) is 36.6 Å². The van der Waals surface area contributed by atoms with Gasteiger partial charge < -0.3 is 14.3 Å². The van der Waals surface area contributed by atoms with Gasteiger partial charge in [0.1, 0.15) is 5.76 Å². The molecule has 1 N–H and O–H groups in total. The number of rotatable bonds is 8. The molecular weight excluding hydrogens is 266 g/mol. The Hall–Kier alpha value is -1.59. The first kappa shape index (κ1) is 15.8. The number of nitrogens with one attached hydrogen (secondary N) is 1. The molecule has 0 unspecified atom stereocenters. The molecule has 5 heteroatoms. The summed E-state index contributed by atoms with van der Waals surface area (Å²) in [6.07, 6.45) is 1.73. The second-order valence-corrected chi connectivity index (χ2v) is 5.98. The summed E-state index contributed by atoms with van der Waals surface area (Å²) < 4.78 is 10.7. The summed E-state index contributed by atoms with van der Waals surface area (Å²) in [5.41, 5.74) is 2.16. The highest BCUT2D eigenvalue weighted by Gasteiger charge is 2.10. The minimum absolute atomic E-state index is 0.640. The van der Waals surface area contributed by atoms with Crippen LogP contribution in [0.5, 0.6) is 0 Å². The molecule has 0 saturated carbocycles. The molecule has 0 fully saturated rings. The summed E-state index contributed by atoms with van der Waals surface area (Å²) in [4.78, 5) is 2.18. The van der Waals surface area contributed by atoms with Crippen molar-refractivity contribution in [3.63, 3.8) is 0 Å². The van der Waals surface area contributed by atoms with Crippen LogP contribution in [0.2, 0.25) is 0 Å². The summed E-state index contributed by atoms with van der Waals surface area (Å²) >= 11 is 0. The molecule has 0 aliphatic carbocycles. The molecule has 0 aliphatic rings. The maximum absolute atomic E-state index is 5.39. The van der Waals surface area contributed by atoms with Crippen LogP contribution >= 0.6 is 0 Å². The highest BCUT2D eigenvalue weighted by atomic mass is 16.5. The highest BCUT2D eigenvalue weighted by molar-refractivity contribution is 5.15. The first-order valence-corrected chi connectivity index (χ1v) is 7.41. The van der Waals surface area contributed by atoms with Crippen LogP contribution in [0.4, 0.5) is 0 Å². The van der Waals surface area contributed by atoms with E-state index >= 15 is 0 Å². The molecule has 0 atom stereocenters. The molecule has 2 aromatic heterocycles. The van der Waals surface area contributed by atoms with Gasteiger partial charge in [0.15, 0.2) is 5.76 Å². The smallest absolute Gasteiger partial charge is 0.151 e. The lowest BCUT2D eigenvalue weighted by Gasteiger charge is -2.13. The zero-order valence-corrected chi connectivity index (χ0v) is 13.3. The number of aromatic nitrogens is 1. The van der Waals surface area contributed by atoms with E-state index < -0.39 is 0 Å². The van der Waals surface area contributed by atoms with Gasteiger partial charge in [-0.05, 0) is 32.5 Å². The van der Waals surface area contributed by atoms with E-state index in [1.165, 1.54) is 5.56 Å². The Bertz CT molecular complexity index is 545. The Balaban J connectivity index is 1.80. The Morgan fingerprint density at radius 2 is 2.14 bits per heavy atom. The van der Waals surface area contributed by atoms with Gasteiger partial charge in [0.2, 0.25) is 0 Å². The fourth-order valence-electron chi connectivity index (χ4n) is 2.19. The van der Waals surface area contributed by atoms with Crippen molar-refractivity contribution in [1.29, 1.82) is 0 Å². The van der Waals surface area contributed by atoms with Crippen LogP contribution in [-0.4, -0.2) is 23.6 Å². The van der Waals surface area contributed by atoms with E-state index in [9.17, 15) is 0 Å². The molecule has 0 amide bonds. The maximum Gasteiger partial charge on any atom is 0.151 e. The van der Waals surface area contributed by atoms with E-state index in [0.717, 1.165) is 43.4 Å². The predicted octanol–water partition coefficient (Wildman–Crippen LogP) is 2.95. The zero-order valence-electron chi connectivity index (χ0n) is 13.3. The fourth-order valence-corrected chi connectivity index (χ4v) is 2.19.